The fraction of sp³-hybridized carbons (Fsp3) is 0.290. The zero-order valence-electron chi connectivity index (χ0n) is 22.5. The molecule has 1 saturated heterocycles. The van der Waals surface area contributed by atoms with Crippen LogP contribution in [-0.2, 0) is 17.6 Å². The van der Waals surface area contributed by atoms with E-state index in [-0.39, 0.29) is 11.9 Å². The number of pyridine rings is 1. The van der Waals surface area contributed by atoms with Crippen LogP contribution in [0, 0.1) is 0 Å². The molecular formula is C31H32ClN5O2. The molecular weight excluding hydrogens is 510 g/mol. The number of rotatable bonds is 6. The number of aryl methyl sites for hydroxylation is 2. The van der Waals surface area contributed by atoms with Crippen LogP contribution in [0.5, 0.6) is 0 Å². The van der Waals surface area contributed by atoms with Crippen LogP contribution in [0.2, 0.25) is 5.02 Å². The SMILES string of the molecule is C=CC(=O)N1CCN(c2nc(=O)n(-c3c(CC)cccc3CC)c3nc(-c4ccccc4)c(Cl)cc23)[C@@H](C)C1. The molecule has 8 heteroatoms. The van der Waals surface area contributed by atoms with Crippen molar-refractivity contribution in [1.82, 2.24) is 19.4 Å². The molecule has 0 bridgehead atoms. The van der Waals surface area contributed by atoms with Crippen molar-refractivity contribution < 1.29 is 4.79 Å². The minimum atomic E-state index is -0.390. The number of amides is 1. The van der Waals surface area contributed by atoms with Crippen LogP contribution in [0.4, 0.5) is 5.82 Å². The van der Waals surface area contributed by atoms with Gasteiger partial charge in [0.2, 0.25) is 5.91 Å². The smallest absolute Gasteiger partial charge is 0.350 e. The molecule has 2 aromatic carbocycles. The topological polar surface area (TPSA) is 71.3 Å². The van der Waals surface area contributed by atoms with Crippen molar-refractivity contribution in [2.45, 2.75) is 39.7 Å². The van der Waals surface area contributed by atoms with Gasteiger partial charge in [0, 0.05) is 31.2 Å². The normalized spacial score (nSPS) is 15.5. The maximum Gasteiger partial charge on any atom is 0.355 e. The van der Waals surface area contributed by atoms with E-state index in [0.29, 0.717) is 47.2 Å². The van der Waals surface area contributed by atoms with Crippen LogP contribution in [0.3, 0.4) is 0 Å². The maximum absolute atomic E-state index is 14.0. The third-order valence-electron chi connectivity index (χ3n) is 7.42. The number of nitrogens with zero attached hydrogens (tertiary/aromatic N) is 5. The van der Waals surface area contributed by atoms with Crippen LogP contribution in [0.15, 0.2) is 72.0 Å². The van der Waals surface area contributed by atoms with E-state index in [2.05, 4.69) is 30.3 Å². The van der Waals surface area contributed by atoms with E-state index < -0.39 is 5.69 Å². The van der Waals surface area contributed by atoms with Crippen LogP contribution in [0.25, 0.3) is 28.0 Å². The Bertz CT molecular complexity index is 1590. The van der Waals surface area contributed by atoms with E-state index in [9.17, 15) is 9.59 Å². The van der Waals surface area contributed by atoms with Crippen LogP contribution >= 0.6 is 11.6 Å². The Morgan fingerprint density at radius 2 is 1.74 bits per heavy atom. The molecule has 5 rings (SSSR count). The highest BCUT2D eigenvalue weighted by molar-refractivity contribution is 6.33. The van der Waals surface area contributed by atoms with E-state index >= 15 is 0 Å². The molecule has 0 saturated carbocycles. The van der Waals surface area contributed by atoms with Gasteiger partial charge in [-0.15, -0.1) is 0 Å². The summed E-state index contributed by atoms with van der Waals surface area (Å²) in [6, 6.07) is 17.7. The Balaban J connectivity index is 1.79. The van der Waals surface area contributed by atoms with Crippen LogP contribution in [0.1, 0.15) is 31.9 Å². The number of benzene rings is 2. The molecule has 39 heavy (non-hydrogen) atoms. The molecule has 0 spiro atoms. The predicted molar refractivity (Wildman–Crippen MR) is 158 cm³/mol. The predicted octanol–water partition coefficient (Wildman–Crippen LogP) is 5.45. The number of carbonyl (C=O) groups excluding carboxylic acids is 1. The number of fused-ring (bicyclic) bond motifs is 1. The first-order valence-electron chi connectivity index (χ1n) is 13.4. The maximum atomic E-state index is 14.0. The summed E-state index contributed by atoms with van der Waals surface area (Å²) in [5, 5.41) is 1.18. The van der Waals surface area contributed by atoms with Gasteiger partial charge >= 0.3 is 5.69 Å². The quantitative estimate of drug-likeness (QED) is 0.304. The molecule has 0 N–H and O–H groups in total. The minimum absolute atomic E-state index is 0.0738. The van der Waals surface area contributed by atoms with Gasteiger partial charge in [-0.25, -0.2) is 14.3 Å². The summed E-state index contributed by atoms with van der Waals surface area (Å²) in [5.74, 6) is 0.431. The fourth-order valence-electron chi connectivity index (χ4n) is 5.43. The number of aromatic nitrogens is 3. The third kappa shape index (κ3) is 4.83. The number of halogens is 1. The van der Waals surface area contributed by atoms with Crippen molar-refractivity contribution in [3.8, 4) is 16.9 Å². The molecule has 0 unspecified atom stereocenters. The first-order valence-corrected chi connectivity index (χ1v) is 13.7. The fourth-order valence-corrected chi connectivity index (χ4v) is 5.69. The zero-order valence-corrected chi connectivity index (χ0v) is 23.3. The summed E-state index contributed by atoms with van der Waals surface area (Å²) in [6.45, 7) is 11.3. The van der Waals surface area contributed by atoms with E-state index in [1.54, 1.807) is 9.47 Å². The molecule has 1 aliphatic heterocycles. The summed E-state index contributed by atoms with van der Waals surface area (Å²) in [6.07, 6.45) is 2.85. The number of anilines is 1. The van der Waals surface area contributed by atoms with E-state index in [4.69, 9.17) is 16.6 Å². The molecule has 0 radical (unpaired) electrons. The lowest BCUT2D eigenvalue weighted by atomic mass is 10.0. The van der Waals surface area contributed by atoms with Crippen molar-refractivity contribution >= 4 is 34.4 Å². The minimum Gasteiger partial charge on any atom is -0.350 e. The van der Waals surface area contributed by atoms with E-state index in [1.165, 1.54) is 6.08 Å². The van der Waals surface area contributed by atoms with E-state index in [0.717, 1.165) is 35.2 Å². The molecule has 7 nitrogen and oxygen atoms in total. The Kier molecular flexibility index (Phi) is 7.53. The van der Waals surface area contributed by atoms with Crippen molar-refractivity contribution in [1.29, 1.82) is 0 Å². The molecule has 2 aromatic heterocycles. The number of hydrogen-bond acceptors (Lipinski definition) is 5. The second-order valence-corrected chi connectivity index (χ2v) is 10.2. The first kappa shape index (κ1) is 26.6. The molecule has 3 heterocycles. The van der Waals surface area contributed by atoms with Gasteiger partial charge in [0.05, 0.1) is 21.8 Å². The standard InChI is InChI=1S/C31H32ClN5O2/c1-5-21-14-11-15-22(6-2)28(21)37-30-24(18-25(32)27(33-30)23-12-9-8-10-13-23)29(34-31(37)39)36-17-16-35(19-20(36)4)26(38)7-3/h7-15,18,20H,3,5-6,16-17,19H2,1-2,4H3/t20-/m0/s1. The second kappa shape index (κ2) is 11.0. The first-order chi connectivity index (χ1) is 18.9. The molecule has 4 aromatic rings. The Hall–Kier alpha value is -3.97. The molecule has 1 aliphatic rings. The lowest BCUT2D eigenvalue weighted by Gasteiger charge is -2.40. The van der Waals surface area contributed by atoms with Gasteiger partial charge in [0.15, 0.2) is 5.65 Å². The van der Waals surface area contributed by atoms with Crippen molar-refractivity contribution in [2.75, 3.05) is 24.5 Å². The molecule has 1 fully saturated rings. The molecule has 1 atom stereocenters. The Morgan fingerprint density at radius 3 is 2.36 bits per heavy atom. The highest BCUT2D eigenvalue weighted by Gasteiger charge is 2.30. The Morgan fingerprint density at radius 1 is 1.05 bits per heavy atom. The summed E-state index contributed by atoms with van der Waals surface area (Å²) in [7, 11) is 0. The largest absolute Gasteiger partial charge is 0.355 e. The molecule has 200 valence electrons. The number of carbonyl (C=O) groups is 1. The lowest BCUT2D eigenvalue weighted by Crippen LogP contribution is -2.54. The van der Waals surface area contributed by atoms with Gasteiger partial charge in [-0.2, -0.15) is 4.98 Å². The van der Waals surface area contributed by atoms with Gasteiger partial charge < -0.3 is 9.80 Å². The lowest BCUT2D eigenvalue weighted by molar-refractivity contribution is -0.126. The zero-order chi connectivity index (χ0) is 27.7. The van der Waals surface area contributed by atoms with Crippen molar-refractivity contribution in [2.24, 2.45) is 0 Å². The van der Waals surface area contributed by atoms with Gasteiger partial charge in [0.1, 0.15) is 5.82 Å². The van der Waals surface area contributed by atoms with Gasteiger partial charge in [-0.1, -0.05) is 80.6 Å². The summed E-state index contributed by atoms with van der Waals surface area (Å²) in [5.41, 5.74) is 4.53. The third-order valence-corrected chi connectivity index (χ3v) is 7.71. The molecule has 0 aliphatic carbocycles. The number of piperazine rings is 1. The highest BCUT2D eigenvalue weighted by Crippen LogP contribution is 2.35. The van der Waals surface area contributed by atoms with Gasteiger partial charge in [0.25, 0.3) is 0 Å². The average molecular weight is 542 g/mol. The summed E-state index contributed by atoms with van der Waals surface area (Å²) >= 11 is 6.86. The average Bonchev–Trinajstić information content (AvgIpc) is 2.96. The van der Waals surface area contributed by atoms with Crippen molar-refractivity contribution in [3.63, 3.8) is 0 Å². The number of hydrogen-bond donors (Lipinski definition) is 0. The van der Waals surface area contributed by atoms with Gasteiger partial charge in [-0.3, -0.25) is 4.79 Å². The summed E-state index contributed by atoms with van der Waals surface area (Å²) < 4.78 is 1.65. The van der Waals surface area contributed by atoms with E-state index in [1.807, 2.05) is 61.5 Å². The van der Waals surface area contributed by atoms with Gasteiger partial charge in [-0.05, 0) is 43.0 Å². The van der Waals surface area contributed by atoms with Crippen LogP contribution in [-0.4, -0.2) is 51.0 Å². The second-order valence-electron chi connectivity index (χ2n) is 9.77. The monoisotopic (exact) mass is 541 g/mol. The van der Waals surface area contributed by atoms with Crippen molar-refractivity contribution in [3.05, 3.63) is 93.9 Å². The number of para-hydroxylation sites is 1. The Labute approximate surface area is 233 Å². The highest BCUT2D eigenvalue weighted by atomic mass is 35.5. The summed E-state index contributed by atoms with van der Waals surface area (Å²) in [4.78, 5) is 39.8. The molecule has 1 amide bonds. The van der Waals surface area contributed by atoms with Crippen LogP contribution < -0.4 is 10.6 Å².